The first kappa shape index (κ1) is 13.0. The number of rotatable bonds is 1. The molecule has 0 spiro atoms. The number of anilines is 1. The Hall–Kier alpha value is -1.03. The van der Waals surface area contributed by atoms with Gasteiger partial charge in [-0.3, -0.25) is 0 Å². The Bertz CT molecular complexity index is 666. The standard InChI is InChI=1S/C13H13BrN2O2S/c1-2-6-16-11-5-7-15(9-11)12-8-10(14)3-4-13(12)19(16,17)18/h1,3-4,8,11H,5-7,9H2/t11-/m1/s1. The zero-order valence-electron chi connectivity index (χ0n) is 10.2. The van der Waals surface area contributed by atoms with Crippen molar-refractivity contribution in [2.24, 2.45) is 0 Å². The number of benzene rings is 1. The maximum atomic E-state index is 12.7. The van der Waals surface area contributed by atoms with Gasteiger partial charge in [-0.2, -0.15) is 4.31 Å². The first-order valence-corrected chi connectivity index (χ1v) is 8.27. The predicted molar refractivity (Wildman–Crippen MR) is 77.5 cm³/mol. The third-order valence-corrected chi connectivity index (χ3v) is 6.11. The molecule has 1 fully saturated rings. The normalized spacial score (nSPS) is 24.6. The van der Waals surface area contributed by atoms with E-state index in [1.54, 1.807) is 12.1 Å². The highest BCUT2D eigenvalue weighted by Crippen LogP contribution is 2.38. The van der Waals surface area contributed by atoms with Gasteiger partial charge in [0.2, 0.25) is 10.0 Å². The van der Waals surface area contributed by atoms with Gasteiger partial charge in [0.25, 0.3) is 0 Å². The van der Waals surface area contributed by atoms with Gasteiger partial charge in [-0.15, -0.1) is 6.42 Å². The highest BCUT2D eigenvalue weighted by atomic mass is 79.9. The van der Waals surface area contributed by atoms with Crippen LogP contribution >= 0.6 is 15.9 Å². The Morgan fingerprint density at radius 2 is 2.26 bits per heavy atom. The van der Waals surface area contributed by atoms with Gasteiger partial charge in [0.05, 0.1) is 12.2 Å². The van der Waals surface area contributed by atoms with Gasteiger partial charge in [0, 0.05) is 23.6 Å². The number of hydrogen-bond acceptors (Lipinski definition) is 3. The summed E-state index contributed by atoms with van der Waals surface area (Å²) in [6.07, 6.45) is 6.16. The quantitative estimate of drug-likeness (QED) is 0.730. The summed E-state index contributed by atoms with van der Waals surface area (Å²) in [7, 11) is -3.50. The molecule has 1 saturated heterocycles. The van der Waals surface area contributed by atoms with Gasteiger partial charge in [-0.25, -0.2) is 8.42 Å². The molecule has 2 heterocycles. The molecule has 100 valence electrons. The summed E-state index contributed by atoms with van der Waals surface area (Å²) in [6.45, 7) is 1.71. The van der Waals surface area contributed by atoms with Crippen LogP contribution in [0, 0.1) is 12.3 Å². The lowest BCUT2D eigenvalue weighted by Crippen LogP contribution is -2.40. The number of halogens is 1. The van der Waals surface area contributed by atoms with E-state index in [-0.39, 0.29) is 12.6 Å². The van der Waals surface area contributed by atoms with E-state index in [2.05, 4.69) is 26.8 Å². The zero-order valence-corrected chi connectivity index (χ0v) is 12.6. The fourth-order valence-corrected chi connectivity index (χ4v) is 4.88. The molecule has 6 heteroatoms. The van der Waals surface area contributed by atoms with Crippen LogP contribution in [0.25, 0.3) is 0 Å². The van der Waals surface area contributed by atoms with Gasteiger partial charge in [-0.1, -0.05) is 21.9 Å². The third-order valence-electron chi connectivity index (χ3n) is 3.67. The van der Waals surface area contributed by atoms with Gasteiger partial charge in [0.15, 0.2) is 0 Å². The molecular weight excluding hydrogens is 328 g/mol. The molecule has 3 rings (SSSR count). The lowest BCUT2D eigenvalue weighted by atomic mass is 10.2. The summed E-state index contributed by atoms with van der Waals surface area (Å²) in [6, 6.07) is 5.25. The maximum absolute atomic E-state index is 12.7. The Kier molecular flexibility index (Phi) is 3.08. The van der Waals surface area contributed by atoms with Crippen molar-refractivity contribution in [2.75, 3.05) is 24.5 Å². The molecule has 0 aromatic heterocycles. The van der Waals surface area contributed by atoms with E-state index in [9.17, 15) is 8.42 Å². The number of sulfonamides is 1. The first-order valence-electron chi connectivity index (χ1n) is 6.04. The van der Waals surface area contributed by atoms with Crippen LogP contribution in [0.2, 0.25) is 0 Å². The monoisotopic (exact) mass is 340 g/mol. The second-order valence-electron chi connectivity index (χ2n) is 4.75. The summed E-state index contributed by atoms with van der Waals surface area (Å²) < 4.78 is 27.8. The van der Waals surface area contributed by atoms with E-state index in [1.165, 1.54) is 4.31 Å². The first-order chi connectivity index (χ1) is 9.04. The molecule has 0 radical (unpaired) electrons. The maximum Gasteiger partial charge on any atom is 0.246 e. The van der Waals surface area contributed by atoms with E-state index >= 15 is 0 Å². The summed E-state index contributed by atoms with van der Waals surface area (Å²) in [5.41, 5.74) is 0.774. The molecule has 0 aliphatic carbocycles. The van der Waals surface area contributed by atoms with E-state index in [0.717, 1.165) is 23.1 Å². The van der Waals surface area contributed by atoms with Crippen LogP contribution in [0.3, 0.4) is 0 Å². The predicted octanol–water partition coefficient (Wildman–Crippen LogP) is 1.67. The molecule has 1 aromatic rings. The van der Waals surface area contributed by atoms with Gasteiger partial charge < -0.3 is 4.90 Å². The molecule has 19 heavy (non-hydrogen) atoms. The van der Waals surface area contributed by atoms with Crippen molar-refractivity contribution < 1.29 is 8.42 Å². The number of fused-ring (bicyclic) bond motifs is 4. The van der Waals surface area contributed by atoms with Crippen LogP contribution in [0.4, 0.5) is 5.69 Å². The molecule has 2 aliphatic heterocycles. The van der Waals surface area contributed by atoms with Crippen molar-refractivity contribution in [2.45, 2.75) is 17.4 Å². The molecule has 0 amide bonds. The number of hydrogen-bond donors (Lipinski definition) is 0. The minimum Gasteiger partial charge on any atom is -0.369 e. The SMILES string of the molecule is C#CCN1[C@@H]2CCN(C2)c2cc(Br)ccc2S1(=O)=O. The van der Waals surface area contributed by atoms with E-state index in [0.29, 0.717) is 11.4 Å². The van der Waals surface area contributed by atoms with Crippen molar-refractivity contribution in [1.29, 1.82) is 0 Å². The molecule has 1 atom stereocenters. The van der Waals surface area contributed by atoms with Crippen LogP contribution in [0.1, 0.15) is 6.42 Å². The minimum atomic E-state index is -3.50. The highest BCUT2D eigenvalue weighted by molar-refractivity contribution is 9.10. The second kappa shape index (κ2) is 4.51. The highest BCUT2D eigenvalue weighted by Gasteiger charge is 2.41. The van der Waals surface area contributed by atoms with E-state index in [4.69, 9.17) is 6.42 Å². The second-order valence-corrected chi connectivity index (χ2v) is 7.53. The summed E-state index contributed by atoms with van der Waals surface area (Å²) in [5.74, 6) is 2.46. The topological polar surface area (TPSA) is 40.6 Å². The lowest BCUT2D eigenvalue weighted by Gasteiger charge is -2.24. The summed E-state index contributed by atoms with van der Waals surface area (Å²) in [4.78, 5) is 2.48. The van der Waals surface area contributed by atoms with Crippen LogP contribution in [0.15, 0.2) is 27.6 Å². The lowest BCUT2D eigenvalue weighted by molar-refractivity contribution is 0.370. The van der Waals surface area contributed by atoms with Gasteiger partial charge in [0.1, 0.15) is 4.90 Å². The molecule has 0 N–H and O–H groups in total. The average molecular weight is 341 g/mol. The fourth-order valence-electron chi connectivity index (χ4n) is 2.78. The van der Waals surface area contributed by atoms with Gasteiger partial charge in [-0.05, 0) is 24.6 Å². The molecular formula is C13H13BrN2O2S. The Morgan fingerprint density at radius 1 is 1.47 bits per heavy atom. The van der Waals surface area contributed by atoms with Crippen molar-refractivity contribution in [3.05, 3.63) is 22.7 Å². The number of nitrogens with zero attached hydrogens (tertiary/aromatic N) is 2. The van der Waals surface area contributed by atoms with Gasteiger partial charge >= 0.3 is 0 Å². The minimum absolute atomic E-state index is 0.0211. The Labute approximate surface area is 121 Å². The Balaban J connectivity index is 2.23. The van der Waals surface area contributed by atoms with Crippen molar-refractivity contribution in [1.82, 2.24) is 4.31 Å². The molecule has 0 unspecified atom stereocenters. The van der Waals surface area contributed by atoms with Crippen LogP contribution < -0.4 is 4.90 Å². The molecule has 1 aromatic carbocycles. The van der Waals surface area contributed by atoms with Crippen molar-refractivity contribution >= 4 is 31.6 Å². The van der Waals surface area contributed by atoms with Crippen LogP contribution in [-0.2, 0) is 10.0 Å². The van der Waals surface area contributed by atoms with Crippen molar-refractivity contribution in [3.63, 3.8) is 0 Å². The third kappa shape index (κ3) is 1.97. The number of terminal acetylenes is 1. The molecule has 2 aliphatic rings. The molecule has 4 nitrogen and oxygen atoms in total. The zero-order chi connectivity index (χ0) is 13.6. The Morgan fingerprint density at radius 3 is 3.00 bits per heavy atom. The summed E-state index contributed by atoms with van der Waals surface area (Å²) in [5, 5.41) is 0. The summed E-state index contributed by atoms with van der Waals surface area (Å²) >= 11 is 3.40. The molecule has 0 saturated carbocycles. The average Bonchev–Trinajstić information content (AvgIpc) is 2.81. The smallest absolute Gasteiger partial charge is 0.246 e. The van der Waals surface area contributed by atoms with E-state index < -0.39 is 10.0 Å². The largest absolute Gasteiger partial charge is 0.369 e. The fraction of sp³-hybridized carbons (Fsp3) is 0.385. The van der Waals surface area contributed by atoms with E-state index in [1.807, 2.05) is 6.07 Å². The molecule has 2 bridgehead atoms. The van der Waals surface area contributed by atoms with Crippen LogP contribution in [0.5, 0.6) is 0 Å². The van der Waals surface area contributed by atoms with Crippen molar-refractivity contribution in [3.8, 4) is 12.3 Å². The van der Waals surface area contributed by atoms with Crippen LogP contribution in [-0.4, -0.2) is 38.4 Å².